The van der Waals surface area contributed by atoms with Gasteiger partial charge in [-0.25, -0.2) is 0 Å². The molecule has 0 aliphatic rings. The number of benzene rings is 1. The molecular formula is C7H7ClO6P2Pd+2. The van der Waals surface area contributed by atoms with E-state index in [0.29, 0.717) is 0 Å². The zero-order chi connectivity index (χ0) is 12.6. The third-order valence-electron chi connectivity index (χ3n) is 1.21. The maximum Gasteiger partial charge on any atom is 2.00 e. The van der Waals surface area contributed by atoms with Crippen molar-refractivity contribution in [2.75, 3.05) is 0 Å². The molecule has 96 valence electrons. The molecule has 0 fully saturated rings. The first-order chi connectivity index (χ1) is 7.43. The molecule has 0 saturated heterocycles. The first-order valence-corrected chi connectivity index (χ1v) is 6.40. The molecule has 0 amide bonds. The van der Waals surface area contributed by atoms with Gasteiger partial charge in [-0.15, -0.1) is 0 Å². The zero-order valence-corrected chi connectivity index (χ0v) is 12.1. The SMILES string of the molecule is O=[P+]([O-])O[P+](=O)[O-].OC(Cl)c1ccccc1.[Pd+2]. The number of halogens is 1. The van der Waals surface area contributed by atoms with Gasteiger partial charge in [-0.1, -0.05) is 41.9 Å². The zero-order valence-electron chi connectivity index (χ0n) is 8.04. The molecule has 0 bridgehead atoms. The maximum atomic E-state index is 9.24. The van der Waals surface area contributed by atoms with Crippen LogP contribution in [0, 0.1) is 0 Å². The van der Waals surface area contributed by atoms with Crippen LogP contribution in [0.4, 0.5) is 0 Å². The fraction of sp³-hybridized carbons (Fsp3) is 0.143. The number of hydrogen-bond acceptors (Lipinski definition) is 6. The van der Waals surface area contributed by atoms with Gasteiger partial charge in [0.25, 0.3) is 0 Å². The monoisotopic (exact) mass is 390 g/mol. The summed E-state index contributed by atoms with van der Waals surface area (Å²) < 4.78 is 21.6. The quantitative estimate of drug-likeness (QED) is 0.467. The van der Waals surface area contributed by atoms with Crippen molar-refractivity contribution in [1.82, 2.24) is 0 Å². The van der Waals surface area contributed by atoms with Crippen LogP contribution in [0.1, 0.15) is 11.1 Å². The van der Waals surface area contributed by atoms with Gasteiger partial charge in [-0.05, 0) is 14.7 Å². The molecule has 1 aromatic carbocycles. The Morgan fingerprint density at radius 3 is 1.76 bits per heavy atom. The van der Waals surface area contributed by atoms with Crippen molar-refractivity contribution < 1.29 is 48.8 Å². The molecule has 0 saturated carbocycles. The molecule has 10 heteroatoms. The first-order valence-electron chi connectivity index (χ1n) is 3.77. The van der Waals surface area contributed by atoms with Crippen LogP contribution in [0.15, 0.2) is 30.3 Å². The van der Waals surface area contributed by atoms with Gasteiger partial charge < -0.3 is 14.9 Å². The average molecular weight is 391 g/mol. The minimum atomic E-state index is -3.24. The van der Waals surface area contributed by atoms with Gasteiger partial charge in [0.1, 0.15) is 4.31 Å². The molecular weight excluding hydrogens is 384 g/mol. The van der Waals surface area contributed by atoms with E-state index in [-0.39, 0.29) is 20.4 Å². The van der Waals surface area contributed by atoms with Crippen LogP contribution in [0.3, 0.4) is 0 Å². The van der Waals surface area contributed by atoms with E-state index in [1.54, 1.807) is 12.1 Å². The van der Waals surface area contributed by atoms with Gasteiger partial charge in [0.05, 0.1) is 0 Å². The number of aliphatic hydroxyl groups is 1. The van der Waals surface area contributed by atoms with E-state index in [1.165, 1.54) is 0 Å². The van der Waals surface area contributed by atoms with Crippen LogP contribution in [0.5, 0.6) is 0 Å². The molecule has 0 aromatic heterocycles. The normalized spacial score (nSPS) is 12.5. The molecule has 6 nitrogen and oxygen atoms in total. The Morgan fingerprint density at radius 2 is 1.59 bits per heavy atom. The van der Waals surface area contributed by atoms with Gasteiger partial charge in [-0.3, -0.25) is 0 Å². The van der Waals surface area contributed by atoms with Crippen LogP contribution in [-0.4, -0.2) is 5.11 Å². The van der Waals surface area contributed by atoms with Gasteiger partial charge >= 0.3 is 36.9 Å². The third kappa shape index (κ3) is 12.5. The maximum absolute atomic E-state index is 9.24. The summed E-state index contributed by atoms with van der Waals surface area (Å²) in [5.74, 6) is 0. The van der Waals surface area contributed by atoms with E-state index >= 15 is 0 Å². The molecule has 1 rings (SSSR count). The van der Waals surface area contributed by atoms with E-state index in [9.17, 15) is 18.9 Å². The van der Waals surface area contributed by atoms with Crippen molar-refractivity contribution in [3.05, 3.63) is 35.9 Å². The van der Waals surface area contributed by atoms with Gasteiger partial charge in [-0.2, -0.15) is 0 Å². The predicted molar refractivity (Wildman–Crippen MR) is 53.6 cm³/mol. The van der Waals surface area contributed by atoms with E-state index in [1.807, 2.05) is 18.2 Å². The molecule has 17 heavy (non-hydrogen) atoms. The van der Waals surface area contributed by atoms with E-state index < -0.39 is 22.1 Å². The van der Waals surface area contributed by atoms with E-state index in [0.717, 1.165) is 5.56 Å². The fourth-order valence-corrected chi connectivity index (χ4v) is 1.25. The molecule has 1 N–H and O–H groups in total. The summed E-state index contributed by atoms with van der Waals surface area (Å²) in [4.78, 5) is 18.5. The summed E-state index contributed by atoms with van der Waals surface area (Å²) in [6, 6.07) is 9.10. The second kappa shape index (κ2) is 11.3. The predicted octanol–water partition coefficient (Wildman–Crippen LogP) is 0.952. The van der Waals surface area contributed by atoms with Gasteiger partial charge in [0.2, 0.25) is 0 Å². The standard InChI is InChI=1S/C7H7ClO.O5P2.Pd/c8-7(9)6-4-2-1-3-5-6;1-6(2)5-7(3)4;/h1-5,7,9H;;/q;;+2. The van der Waals surface area contributed by atoms with E-state index in [2.05, 4.69) is 4.31 Å². The van der Waals surface area contributed by atoms with Gasteiger partial charge in [0.15, 0.2) is 5.56 Å². The molecule has 3 atom stereocenters. The second-order valence-electron chi connectivity index (χ2n) is 2.28. The first kappa shape index (κ1) is 19.5. The van der Waals surface area contributed by atoms with Crippen molar-refractivity contribution in [1.29, 1.82) is 0 Å². The summed E-state index contributed by atoms with van der Waals surface area (Å²) >= 11 is 5.36. The molecule has 1 aromatic rings. The Labute approximate surface area is 118 Å². The van der Waals surface area contributed by atoms with Crippen LogP contribution in [0.25, 0.3) is 0 Å². The number of hydrogen-bond donors (Lipinski definition) is 1. The van der Waals surface area contributed by atoms with Crippen LogP contribution >= 0.6 is 28.1 Å². The van der Waals surface area contributed by atoms with Crippen molar-refractivity contribution >= 4 is 28.1 Å². The average Bonchev–Trinajstić information content (AvgIpc) is 2.17. The Morgan fingerprint density at radius 1 is 1.18 bits per heavy atom. The van der Waals surface area contributed by atoms with E-state index in [4.69, 9.17) is 16.7 Å². The minimum Gasteiger partial charge on any atom is -0.563 e. The summed E-state index contributed by atoms with van der Waals surface area (Å²) in [6.07, 6.45) is 0. The van der Waals surface area contributed by atoms with Crippen molar-refractivity contribution in [3.63, 3.8) is 0 Å². The summed E-state index contributed by atoms with van der Waals surface area (Å²) in [5, 5.41) is 8.79. The largest absolute Gasteiger partial charge is 2.00 e. The van der Waals surface area contributed by atoms with Gasteiger partial charge in [0, 0.05) is 0 Å². The summed E-state index contributed by atoms with van der Waals surface area (Å²) in [5.41, 5.74) is -0.134. The van der Waals surface area contributed by atoms with Crippen molar-refractivity contribution in [3.8, 4) is 0 Å². The molecule has 0 aliphatic carbocycles. The minimum absolute atomic E-state index is 0. The molecule has 0 heterocycles. The Bertz CT molecular complexity index is 337. The van der Waals surface area contributed by atoms with Crippen molar-refractivity contribution in [2.24, 2.45) is 0 Å². The Kier molecular flexibility index (Phi) is 13.0. The van der Waals surface area contributed by atoms with Crippen LogP contribution < -0.4 is 9.79 Å². The Hall–Kier alpha value is 0.212. The topological polar surface area (TPSA) is 110 Å². The number of alkyl halides is 1. The fourth-order valence-electron chi connectivity index (χ4n) is 0.666. The number of rotatable bonds is 3. The number of aliphatic hydroxyl groups excluding tert-OH is 1. The smallest absolute Gasteiger partial charge is 0.563 e. The summed E-state index contributed by atoms with van der Waals surface area (Å²) in [7, 11) is -6.47. The molecule has 0 aliphatic heterocycles. The van der Waals surface area contributed by atoms with Crippen LogP contribution in [0.2, 0.25) is 0 Å². The van der Waals surface area contributed by atoms with Crippen LogP contribution in [-0.2, 0) is 33.9 Å². The molecule has 0 radical (unpaired) electrons. The Balaban J connectivity index is 0. The summed E-state index contributed by atoms with van der Waals surface area (Å²) in [6.45, 7) is 0. The molecule has 3 unspecified atom stereocenters. The molecule has 0 spiro atoms. The second-order valence-corrected chi connectivity index (χ2v) is 4.24. The van der Waals surface area contributed by atoms with Crippen molar-refractivity contribution in [2.45, 2.75) is 5.56 Å². The third-order valence-corrected chi connectivity index (χ3v) is 2.53.